The average Bonchev–Trinajstić information content (AvgIpc) is 3.17. The largest absolute Gasteiger partial charge is 0.486 e. The van der Waals surface area contributed by atoms with E-state index in [4.69, 9.17) is 14.0 Å². The molecule has 0 aliphatic carbocycles. The quantitative estimate of drug-likeness (QED) is 0.901. The molecule has 1 fully saturated rings. The molecule has 0 radical (unpaired) electrons. The average molecular weight is 273 g/mol. The number of hydrogen-bond donors (Lipinski definition) is 1. The Labute approximate surface area is 116 Å². The van der Waals surface area contributed by atoms with Crippen molar-refractivity contribution in [3.8, 4) is 23.0 Å². The molecule has 1 saturated heterocycles. The van der Waals surface area contributed by atoms with Gasteiger partial charge in [0, 0.05) is 5.56 Å². The lowest BCUT2D eigenvalue weighted by Crippen LogP contribution is -2.15. The summed E-state index contributed by atoms with van der Waals surface area (Å²) >= 11 is 0. The van der Waals surface area contributed by atoms with E-state index in [1.807, 2.05) is 18.2 Å². The van der Waals surface area contributed by atoms with E-state index in [-0.39, 0.29) is 6.04 Å². The van der Waals surface area contributed by atoms with Gasteiger partial charge in [0.2, 0.25) is 0 Å². The van der Waals surface area contributed by atoms with Gasteiger partial charge in [0.15, 0.2) is 17.3 Å². The lowest BCUT2D eigenvalue weighted by Gasteiger charge is -2.18. The van der Waals surface area contributed by atoms with Crippen LogP contribution in [0.3, 0.4) is 0 Å². The standard InChI is InChI=1S/C14H15N3O3/c1-2-10(15-5-1)13-16-14(20-17-13)9-3-4-11-12(8-9)19-7-6-18-11/h3-4,8,10,15H,1-2,5-7H2. The molecule has 0 bridgehead atoms. The lowest BCUT2D eigenvalue weighted by molar-refractivity contribution is 0.171. The summed E-state index contributed by atoms with van der Waals surface area (Å²) in [5.41, 5.74) is 0.853. The maximum atomic E-state index is 5.56. The Balaban J connectivity index is 1.63. The van der Waals surface area contributed by atoms with E-state index in [0.717, 1.165) is 42.3 Å². The van der Waals surface area contributed by atoms with Gasteiger partial charge in [-0.2, -0.15) is 4.98 Å². The Bertz CT molecular complexity index is 620. The van der Waals surface area contributed by atoms with Gasteiger partial charge < -0.3 is 19.3 Å². The van der Waals surface area contributed by atoms with E-state index in [0.29, 0.717) is 19.1 Å². The fourth-order valence-electron chi connectivity index (χ4n) is 2.57. The summed E-state index contributed by atoms with van der Waals surface area (Å²) in [7, 11) is 0. The number of hydrogen-bond acceptors (Lipinski definition) is 6. The highest BCUT2D eigenvalue weighted by Gasteiger charge is 2.22. The Morgan fingerprint density at radius 1 is 1.15 bits per heavy atom. The molecule has 1 unspecified atom stereocenters. The SMILES string of the molecule is c1cc2c(cc1-c1nc(C3CCCN3)no1)OCCO2. The second kappa shape index (κ2) is 4.79. The first-order valence-electron chi connectivity index (χ1n) is 6.87. The van der Waals surface area contributed by atoms with Gasteiger partial charge in [-0.05, 0) is 37.6 Å². The van der Waals surface area contributed by atoms with E-state index in [9.17, 15) is 0 Å². The Hall–Kier alpha value is -2.08. The molecule has 2 aliphatic rings. The molecule has 4 rings (SSSR count). The smallest absolute Gasteiger partial charge is 0.258 e. The zero-order chi connectivity index (χ0) is 13.4. The zero-order valence-electron chi connectivity index (χ0n) is 11.0. The van der Waals surface area contributed by atoms with E-state index < -0.39 is 0 Å². The summed E-state index contributed by atoms with van der Waals surface area (Å²) in [4.78, 5) is 4.47. The summed E-state index contributed by atoms with van der Waals surface area (Å²) in [6.45, 7) is 2.17. The summed E-state index contributed by atoms with van der Waals surface area (Å²) < 4.78 is 16.4. The maximum Gasteiger partial charge on any atom is 0.258 e. The summed E-state index contributed by atoms with van der Waals surface area (Å²) in [5, 5.41) is 7.42. The molecule has 1 aromatic heterocycles. The highest BCUT2D eigenvalue weighted by Crippen LogP contribution is 2.34. The van der Waals surface area contributed by atoms with E-state index >= 15 is 0 Å². The van der Waals surface area contributed by atoms with Gasteiger partial charge in [0.1, 0.15) is 13.2 Å². The van der Waals surface area contributed by atoms with Gasteiger partial charge in [-0.1, -0.05) is 5.16 Å². The first-order chi connectivity index (χ1) is 9.90. The van der Waals surface area contributed by atoms with Crippen LogP contribution in [0, 0.1) is 0 Å². The topological polar surface area (TPSA) is 69.4 Å². The zero-order valence-corrected chi connectivity index (χ0v) is 11.0. The van der Waals surface area contributed by atoms with Gasteiger partial charge in [-0.15, -0.1) is 0 Å². The highest BCUT2D eigenvalue weighted by molar-refractivity contribution is 5.60. The molecule has 6 nitrogen and oxygen atoms in total. The molecule has 3 heterocycles. The molecular formula is C14H15N3O3. The molecular weight excluding hydrogens is 258 g/mol. The highest BCUT2D eigenvalue weighted by atomic mass is 16.6. The second-order valence-corrected chi connectivity index (χ2v) is 4.97. The van der Waals surface area contributed by atoms with Crippen molar-refractivity contribution in [3.05, 3.63) is 24.0 Å². The monoisotopic (exact) mass is 273 g/mol. The van der Waals surface area contributed by atoms with Gasteiger partial charge in [-0.25, -0.2) is 0 Å². The third kappa shape index (κ3) is 2.02. The molecule has 1 aromatic carbocycles. The molecule has 104 valence electrons. The van der Waals surface area contributed by atoms with Crippen LogP contribution >= 0.6 is 0 Å². The van der Waals surface area contributed by atoms with Gasteiger partial charge >= 0.3 is 0 Å². The lowest BCUT2D eigenvalue weighted by atomic mass is 10.2. The second-order valence-electron chi connectivity index (χ2n) is 4.97. The third-order valence-corrected chi connectivity index (χ3v) is 3.60. The predicted octanol–water partition coefficient (Wildman–Crippen LogP) is 1.93. The van der Waals surface area contributed by atoms with Gasteiger partial charge in [-0.3, -0.25) is 0 Å². The summed E-state index contributed by atoms with van der Waals surface area (Å²) in [6.07, 6.45) is 2.21. The summed E-state index contributed by atoms with van der Waals surface area (Å²) in [6, 6.07) is 5.88. The first-order valence-corrected chi connectivity index (χ1v) is 6.87. The number of aromatic nitrogens is 2. The van der Waals surface area contributed by atoms with Crippen LogP contribution in [0.15, 0.2) is 22.7 Å². The van der Waals surface area contributed by atoms with Crippen molar-refractivity contribution in [3.63, 3.8) is 0 Å². The molecule has 20 heavy (non-hydrogen) atoms. The van der Waals surface area contributed by atoms with Crippen molar-refractivity contribution in [2.75, 3.05) is 19.8 Å². The van der Waals surface area contributed by atoms with E-state index in [2.05, 4.69) is 15.5 Å². The number of nitrogens with one attached hydrogen (secondary N) is 1. The Morgan fingerprint density at radius 2 is 2.05 bits per heavy atom. The van der Waals surface area contributed by atoms with Crippen molar-refractivity contribution >= 4 is 0 Å². The minimum absolute atomic E-state index is 0.213. The number of ether oxygens (including phenoxy) is 2. The normalized spacial score (nSPS) is 21.1. The van der Waals surface area contributed by atoms with Crippen LogP contribution in [0.5, 0.6) is 11.5 Å². The molecule has 1 N–H and O–H groups in total. The van der Waals surface area contributed by atoms with Crippen LogP contribution < -0.4 is 14.8 Å². The molecule has 0 spiro atoms. The van der Waals surface area contributed by atoms with Gasteiger partial charge in [0.25, 0.3) is 5.89 Å². The van der Waals surface area contributed by atoms with Crippen LogP contribution in [0.1, 0.15) is 24.7 Å². The number of nitrogens with zero attached hydrogens (tertiary/aromatic N) is 2. The molecule has 0 saturated carbocycles. The van der Waals surface area contributed by atoms with E-state index in [1.165, 1.54) is 0 Å². The fourth-order valence-corrected chi connectivity index (χ4v) is 2.57. The van der Waals surface area contributed by atoms with Crippen molar-refractivity contribution in [1.82, 2.24) is 15.5 Å². The van der Waals surface area contributed by atoms with Crippen molar-refractivity contribution in [2.45, 2.75) is 18.9 Å². The molecule has 2 aromatic rings. The maximum absolute atomic E-state index is 5.56. The molecule has 0 amide bonds. The number of benzene rings is 1. The van der Waals surface area contributed by atoms with E-state index in [1.54, 1.807) is 0 Å². The van der Waals surface area contributed by atoms with Crippen LogP contribution in [0.2, 0.25) is 0 Å². The Kier molecular flexibility index (Phi) is 2.81. The molecule has 6 heteroatoms. The van der Waals surface area contributed by atoms with Crippen LogP contribution in [0.25, 0.3) is 11.5 Å². The van der Waals surface area contributed by atoms with Crippen LogP contribution in [-0.2, 0) is 0 Å². The van der Waals surface area contributed by atoms with Crippen molar-refractivity contribution < 1.29 is 14.0 Å². The van der Waals surface area contributed by atoms with Crippen LogP contribution in [-0.4, -0.2) is 29.9 Å². The number of fused-ring (bicyclic) bond motifs is 1. The summed E-state index contributed by atoms with van der Waals surface area (Å²) in [5.74, 6) is 2.74. The van der Waals surface area contributed by atoms with Gasteiger partial charge in [0.05, 0.1) is 6.04 Å². The van der Waals surface area contributed by atoms with Crippen molar-refractivity contribution in [1.29, 1.82) is 0 Å². The van der Waals surface area contributed by atoms with Crippen molar-refractivity contribution in [2.24, 2.45) is 0 Å². The Morgan fingerprint density at radius 3 is 2.90 bits per heavy atom. The fraction of sp³-hybridized carbons (Fsp3) is 0.429. The minimum atomic E-state index is 0.213. The minimum Gasteiger partial charge on any atom is -0.486 e. The molecule has 2 aliphatic heterocycles. The predicted molar refractivity (Wildman–Crippen MR) is 70.7 cm³/mol. The molecule has 1 atom stereocenters. The first kappa shape index (κ1) is 11.7. The van der Waals surface area contributed by atoms with Crippen LogP contribution in [0.4, 0.5) is 0 Å². The third-order valence-electron chi connectivity index (χ3n) is 3.60. The number of rotatable bonds is 2.